The average molecular weight is 521 g/mol. The number of primary amides is 1. The van der Waals surface area contributed by atoms with E-state index in [0.717, 1.165) is 36.6 Å². The molecule has 2 aromatic heterocycles. The molecule has 9 nitrogen and oxygen atoms in total. The van der Waals surface area contributed by atoms with Gasteiger partial charge in [-0.05, 0) is 48.6 Å². The Labute approximate surface area is 215 Å². The number of nitrogens with one attached hydrogen (secondary N) is 2. The van der Waals surface area contributed by atoms with E-state index >= 15 is 0 Å². The van der Waals surface area contributed by atoms with Crippen molar-refractivity contribution in [3.63, 3.8) is 0 Å². The van der Waals surface area contributed by atoms with Crippen LogP contribution in [0.3, 0.4) is 0 Å². The molecule has 1 fully saturated rings. The normalized spacial score (nSPS) is 14.5. The summed E-state index contributed by atoms with van der Waals surface area (Å²) in [5.74, 6) is -2.58. The van der Waals surface area contributed by atoms with Crippen molar-refractivity contribution in [1.82, 2.24) is 14.7 Å². The van der Waals surface area contributed by atoms with E-state index in [9.17, 15) is 18.8 Å². The van der Waals surface area contributed by atoms with Gasteiger partial charge in [-0.25, -0.2) is 4.39 Å². The van der Waals surface area contributed by atoms with E-state index < -0.39 is 29.6 Å². The molecule has 4 aromatic rings. The lowest BCUT2D eigenvalue weighted by Gasteiger charge is -2.32. The molecule has 0 saturated heterocycles. The highest BCUT2D eigenvalue weighted by Crippen LogP contribution is 2.36. The lowest BCUT2D eigenvalue weighted by Crippen LogP contribution is -2.46. The Morgan fingerprint density at radius 1 is 1.14 bits per heavy atom. The second kappa shape index (κ2) is 10.0. The number of amides is 3. The Hall–Kier alpha value is -4.25. The maximum atomic E-state index is 14.4. The lowest BCUT2D eigenvalue weighted by molar-refractivity contribution is -0.123. The van der Waals surface area contributed by atoms with Gasteiger partial charge in [0.15, 0.2) is 5.69 Å². The molecule has 1 aliphatic rings. The van der Waals surface area contributed by atoms with Crippen LogP contribution in [0.25, 0.3) is 10.9 Å². The van der Waals surface area contributed by atoms with Crippen molar-refractivity contribution in [1.29, 1.82) is 0 Å². The molecular weight excluding hydrogens is 495 g/mol. The fourth-order valence-electron chi connectivity index (χ4n) is 4.82. The Morgan fingerprint density at radius 2 is 1.89 bits per heavy atom. The van der Waals surface area contributed by atoms with Crippen LogP contribution in [0, 0.1) is 5.82 Å². The summed E-state index contributed by atoms with van der Waals surface area (Å²) in [5.41, 5.74) is 12.5. The van der Waals surface area contributed by atoms with Gasteiger partial charge in [0, 0.05) is 34.4 Å². The molecule has 6 N–H and O–H groups in total. The number of aromatic nitrogens is 2. The highest BCUT2D eigenvalue weighted by molar-refractivity contribution is 7.09. The summed E-state index contributed by atoms with van der Waals surface area (Å²) in [6.07, 6.45) is 5.35. The molecule has 0 aliphatic heterocycles. The van der Waals surface area contributed by atoms with Gasteiger partial charge in [-0.2, -0.15) is 4.37 Å². The Morgan fingerprint density at radius 3 is 2.59 bits per heavy atom. The third kappa shape index (κ3) is 4.65. The molecule has 5 rings (SSSR count). The van der Waals surface area contributed by atoms with E-state index in [-0.39, 0.29) is 28.0 Å². The minimum atomic E-state index is -1.18. The molecule has 1 atom stereocenters. The molecule has 2 heterocycles. The molecule has 2 aromatic carbocycles. The number of benzene rings is 2. The van der Waals surface area contributed by atoms with E-state index in [1.165, 1.54) is 29.2 Å². The van der Waals surface area contributed by atoms with Crippen molar-refractivity contribution in [3.05, 3.63) is 76.7 Å². The SMILES string of the molecule is NC(=O)c1nsc(C(=O)N(c2cccc(F)c2)[C@H](C(=O)NC2CCCC2)c2c[nH]c3ccccc23)c1N. The first kappa shape index (κ1) is 24.4. The number of rotatable bonds is 7. The number of aromatic amines is 1. The monoisotopic (exact) mass is 520 g/mol. The number of nitrogen functional groups attached to an aromatic ring is 1. The average Bonchev–Trinajstić information content (AvgIpc) is 3.62. The van der Waals surface area contributed by atoms with Gasteiger partial charge in [0.2, 0.25) is 5.91 Å². The molecule has 190 valence electrons. The van der Waals surface area contributed by atoms with E-state index in [0.29, 0.717) is 17.1 Å². The number of fused-ring (bicyclic) bond motifs is 1. The second-order valence-corrected chi connectivity index (χ2v) is 9.75. The minimum absolute atomic E-state index is 0.0281. The van der Waals surface area contributed by atoms with E-state index in [4.69, 9.17) is 11.5 Å². The second-order valence-electron chi connectivity index (χ2n) is 8.98. The lowest BCUT2D eigenvalue weighted by atomic mass is 10.0. The van der Waals surface area contributed by atoms with Crippen molar-refractivity contribution >= 4 is 51.5 Å². The zero-order valence-corrected chi connectivity index (χ0v) is 20.6. The van der Waals surface area contributed by atoms with Crippen molar-refractivity contribution < 1.29 is 18.8 Å². The van der Waals surface area contributed by atoms with Gasteiger partial charge in [0.1, 0.15) is 16.7 Å². The minimum Gasteiger partial charge on any atom is -0.395 e. The summed E-state index contributed by atoms with van der Waals surface area (Å²) < 4.78 is 18.4. The summed E-state index contributed by atoms with van der Waals surface area (Å²) in [6, 6.07) is 11.6. The number of hydrogen-bond donors (Lipinski definition) is 4. The smallest absolute Gasteiger partial charge is 0.273 e. The number of carbonyl (C=O) groups excluding carboxylic acids is 3. The van der Waals surface area contributed by atoms with Crippen molar-refractivity contribution in [2.75, 3.05) is 10.6 Å². The maximum Gasteiger partial charge on any atom is 0.273 e. The number of nitrogens with two attached hydrogens (primary N) is 2. The number of nitrogens with zero attached hydrogens (tertiary/aromatic N) is 2. The number of carbonyl (C=O) groups is 3. The predicted octanol–water partition coefficient (Wildman–Crippen LogP) is 3.89. The van der Waals surface area contributed by atoms with E-state index in [2.05, 4.69) is 14.7 Å². The van der Waals surface area contributed by atoms with E-state index in [1.807, 2.05) is 24.3 Å². The van der Waals surface area contributed by atoms with Crippen molar-refractivity contribution in [2.45, 2.75) is 37.8 Å². The molecule has 11 heteroatoms. The van der Waals surface area contributed by atoms with Gasteiger partial charge < -0.3 is 21.8 Å². The molecular formula is C26H25FN6O3S. The Bertz CT molecular complexity index is 1490. The van der Waals surface area contributed by atoms with Gasteiger partial charge in [0.25, 0.3) is 11.8 Å². The highest BCUT2D eigenvalue weighted by Gasteiger charge is 2.38. The third-order valence-corrected chi connectivity index (χ3v) is 7.44. The highest BCUT2D eigenvalue weighted by atomic mass is 32.1. The van der Waals surface area contributed by atoms with Crippen LogP contribution in [0.2, 0.25) is 0 Å². The summed E-state index contributed by atoms with van der Waals surface area (Å²) in [5, 5.41) is 3.82. The molecule has 0 spiro atoms. The number of H-pyrrole nitrogens is 1. The van der Waals surface area contributed by atoms with Crippen LogP contribution in [-0.4, -0.2) is 33.1 Å². The van der Waals surface area contributed by atoms with Crippen LogP contribution in [-0.2, 0) is 4.79 Å². The molecule has 37 heavy (non-hydrogen) atoms. The number of hydrogen-bond acceptors (Lipinski definition) is 6. The maximum absolute atomic E-state index is 14.4. The van der Waals surface area contributed by atoms with Crippen LogP contribution >= 0.6 is 11.5 Å². The quantitative estimate of drug-likeness (QED) is 0.292. The summed E-state index contributed by atoms with van der Waals surface area (Å²) in [7, 11) is 0. The van der Waals surface area contributed by atoms with Gasteiger partial charge in [-0.15, -0.1) is 0 Å². The first-order valence-corrected chi connectivity index (χ1v) is 12.6. The van der Waals surface area contributed by atoms with Crippen molar-refractivity contribution in [3.8, 4) is 0 Å². The largest absolute Gasteiger partial charge is 0.395 e. The topological polar surface area (TPSA) is 147 Å². The Balaban J connectivity index is 1.69. The van der Waals surface area contributed by atoms with Crippen LogP contribution in [0.1, 0.15) is 57.4 Å². The molecule has 0 bridgehead atoms. The van der Waals surface area contributed by atoms with Gasteiger partial charge in [-0.1, -0.05) is 37.1 Å². The first-order valence-electron chi connectivity index (χ1n) is 11.9. The zero-order chi connectivity index (χ0) is 26.1. The van der Waals surface area contributed by atoms with Crippen LogP contribution in [0.5, 0.6) is 0 Å². The van der Waals surface area contributed by atoms with Crippen LogP contribution in [0.4, 0.5) is 15.8 Å². The van der Waals surface area contributed by atoms with Gasteiger partial charge in [0.05, 0.1) is 5.69 Å². The van der Waals surface area contributed by atoms with Gasteiger partial charge in [-0.3, -0.25) is 19.3 Å². The summed E-state index contributed by atoms with van der Waals surface area (Å²) >= 11 is 0.702. The molecule has 1 aliphatic carbocycles. The summed E-state index contributed by atoms with van der Waals surface area (Å²) in [6.45, 7) is 0. The van der Waals surface area contributed by atoms with Crippen LogP contribution in [0.15, 0.2) is 54.7 Å². The first-order chi connectivity index (χ1) is 17.8. The van der Waals surface area contributed by atoms with Crippen LogP contribution < -0.4 is 21.7 Å². The summed E-state index contributed by atoms with van der Waals surface area (Å²) in [4.78, 5) is 44.1. The standard InChI is InChI=1S/C26H25FN6O3S/c27-14-6-5-9-16(12-14)33(26(36)23-20(28)21(24(29)34)32-37-23)22(25(35)31-15-7-1-2-8-15)18-13-30-19-11-4-3-10-17(18)19/h3-6,9-13,15,22,30H,1-2,7-8,28H2,(H2,29,34)(H,31,35)/t22-/m0/s1. The molecule has 3 amide bonds. The number of halogens is 1. The molecule has 0 radical (unpaired) electrons. The number of para-hydroxylation sites is 1. The number of anilines is 2. The molecule has 0 unspecified atom stereocenters. The fourth-order valence-corrected chi connectivity index (χ4v) is 5.56. The fraction of sp³-hybridized carbons (Fsp3) is 0.231. The third-order valence-electron chi connectivity index (χ3n) is 6.58. The zero-order valence-electron chi connectivity index (χ0n) is 19.7. The van der Waals surface area contributed by atoms with E-state index in [1.54, 1.807) is 6.20 Å². The van der Waals surface area contributed by atoms with Crippen molar-refractivity contribution in [2.24, 2.45) is 5.73 Å². The Kier molecular flexibility index (Phi) is 6.62. The molecule has 1 saturated carbocycles. The predicted molar refractivity (Wildman–Crippen MR) is 140 cm³/mol. The van der Waals surface area contributed by atoms with Gasteiger partial charge >= 0.3 is 0 Å².